The molecule has 4 atom stereocenters. The molecule has 4 aliphatic heterocycles. The predicted octanol–water partition coefficient (Wildman–Crippen LogP) is 2.21. The van der Waals surface area contributed by atoms with E-state index in [4.69, 9.17) is 19.8 Å². The first-order chi connectivity index (χ1) is 12.5. The highest BCUT2D eigenvalue weighted by atomic mass is 16.5. The summed E-state index contributed by atoms with van der Waals surface area (Å²) in [5.74, 6) is 2.47. The van der Waals surface area contributed by atoms with E-state index in [1.54, 1.807) is 0 Å². The molecular formula is C19H26N4O3. The molecule has 6 rings (SSSR count). The molecule has 0 spiro atoms. The van der Waals surface area contributed by atoms with Crippen molar-refractivity contribution in [2.24, 2.45) is 17.8 Å². The van der Waals surface area contributed by atoms with Gasteiger partial charge in [-0.3, -0.25) is 4.79 Å². The Bertz CT molecular complexity index is 743. The Morgan fingerprint density at radius 2 is 2.04 bits per heavy atom. The first kappa shape index (κ1) is 16.3. The summed E-state index contributed by atoms with van der Waals surface area (Å²) < 4.78 is 5.85. The van der Waals surface area contributed by atoms with Crippen molar-refractivity contribution in [3.8, 4) is 0 Å². The van der Waals surface area contributed by atoms with Gasteiger partial charge in [0.05, 0.1) is 18.4 Å². The number of hydrogen-bond donors (Lipinski definition) is 1. The molecule has 5 heterocycles. The first-order valence-electron chi connectivity index (χ1n) is 9.77. The van der Waals surface area contributed by atoms with Crippen molar-refractivity contribution < 1.29 is 14.6 Å². The summed E-state index contributed by atoms with van der Waals surface area (Å²) in [6.07, 6.45) is 2.67. The molecular weight excluding hydrogens is 332 g/mol. The fourth-order valence-corrected chi connectivity index (χ4v) is 5.14. The number of anilines is 2. The normalized spacial score (nSPS) is 34.9. The molecule has 5 aliphatic rings. The highest BCUT2D eigenvalue weighted by molar-refractivity contribution is 5.67. The summed E-state index contributed by atoms with van der Waals surface area (Å²) in [5, 5.41) is 9.14. The number of aromatic nitrogens is 2. The Kier molecular flexibility index (Phi) is 3.64. The van der Waals surface area contributed by atoms with Crippen molar-refractivity contribution >= 4 is 17.7 Å². The van der Waals surface area contributed by atoms with Crippen LogP contribution >= 0.6 is 0 Å². The second-order valence-corrected chi connectivity index (χ2v) is 8.42. The quantitative estimate of drug-likeness (QED) is 0.884. The lowest BCUT2D eigenvalue weighted by Gasteiger charge is -2.54. The lowest BCUT2D eigenvalue weighted by molar-refractivity contribution is -0.141. The molecule has 3 saturated heterocycles. The van der Waals surface area contributed by atoms with E-state index >= 15 is 0 Å². The Balaban J connectivity index is 1.44. The first-order valence-corrected chi connectivity index (χ1v) is 9.77. The van der Waals surface area contributed by atoms with Crippen LogP contribution in [-0.4, -0.2) is 46.7 Å². The van der Waals surface area contributed by atoms with E-state index in [9.17, 15) is 4.79 Å². The Morgan fingerprint density at radius 1 is 1.27 bits per heavy atom. The minimum Gasteiger partial charge on any atom is -0.481 e. The molecule has 1 aromatic heterocycles. The van der Waals surface area contributed by atoms with Crippen molar-refractivity contribution in [1.82, 2.24) is 9.97 Å². The Hall–Kier alpha value is -1.89. The van der Waals surface area contributed by atoms with Gasteiger partial charge >= 0.3 is 5.97 Å². The van der Waals surface area contributed by atoms with Gasteiger partial charge in [-0.05, 0) is 44.4 Å². The van der Waals surface area contributed by atoms with Crippen LogP contribution in [0.4, 0.5) is 11.8 Å². The number of carbonyl (C=O) groups is 1. The van der Waals surface area contributed by atoms with Gasteiger partial charge in [-0.15, -0.1) is 0 Å². The van der Waals surface area contributed by atoms with Gasteiger partial charge in [0, 0.05) is 37.7 Å². The summed E-state index contributed by atoms with van der Waals surface area (Å²) in [4.78, 5) is 25.5. The third-order valence-corrected chi connectivity index (χ3v) is 6.88. The fourth-order valence-electron chi connectivity index (χ4n) is 5.14. The van der Waals surface area contributed by atoms with Crippen LogP contribution in [0.25, 0.3) is 0 Å². The topological polar surface area (TPSA) is 78.8 Å². The Morgan fingerprint density at radius 3 is 2.65 bits per heavy atom. The maximum atomic E-state index is 11.1. The number of carboxylic acids is 1. The number of nitrogens with zero attached hydrogens (tertiary/aromatic N) is 4. The van der Waals surface area contributed by atoms with E-state index in [0.29, 0.717) is 36.8 Å². The number of rotatable bonds is 4. The molecule has 2 bridgehead atoms. The summed E-state index contributed by atoms with van der Waals surface area (Å²) in [7, 11) is 0. The number of piperidine rings is 2. The van der Waals surface area contributed by atoms with Gasteiger partial charge in [0.25, 0.3) is 0 Å². The zero-order chi connectivity index (χ0) is 18.0. The third-order valence-electron chi connectivity index (χ3n) is 6.88. The van der Waals surface area contributed by atoms with Gasteiger partial charge < -0.3 is 19.6 Å². The van der Waals surface area contributed by atoms with Crippen LogP contribution in [0.3, 0.4) is 0 Å². The second-order valence-electron chi connectivity index (χ2n) is 8.42. The van der Waals surface area contributed by atoms with Crippen LogP contribution in [0.2, 0.25) is 0 Å². The van der Waals surface area contributed by atoms with E-state index in [-0.39, 0.29) is 6.10 Å². The number of aliphatic carboxylic acids is 1. The van der Waals surface area contributed by atoms with Gasteiger partial charge in [0.1, 0.15) is 5.82 Å². The van der Waals surface area contributed by atoms with Gasteiger partial charge in [-0.1, -0.05) is 0 Å². The fraction of sp³-hybridized carbons (Fsp3) is 0.737. The predicted molar refractivity (Wildman–Crippen MR) is 96.2 cm³/mol. The van der Waals surface area contributed by atoms with Gasteiger partial charge in [-0.2, -0.15) is 4.98 Å². The van der Waals surface area contributed by atoms with Crippen molar-refractivity contribution in [3.63, 3.8) is 0 Å². The van der Waals surface area contributed by atoms with E-state index in [0.717, 1.165) is 49.1 Å². The lowest BCUT2D eigenvalue weighted by Crippen LogP contribution is -2.56. The molecule has 0 amide bonds. The monoisotopic (exact) mass is 358 g/mol. The van der Waals surface area contributed by atoms with Crippen LogP contribution in [0.15, 0.2) is 0 Å². The zero-order valence-corrected chi connectivity index (χ0v) is 15.4. The number of ether oxygens (including phenoxy) is 1. The highest BCUT2D eigenvalue weighted by Gasteiger charge is 2.48. The molecule has 140 valence electrons. The molecule has 2 unspecified atom stereocenters. The molecule has 0 aromatic carbocycles. The molecule has 1 N–H and O–H groups in total. The molecule has 4 fully saturated rings. The average molecular weight is 358 g/mol. The van der Waals surface area contributed by atoms with Crippen LogP contribution in [0.1, 0.15) is 50.5 Å². The minimum atomic E-state index is -0.669. The SMILES string of the molecule is C[C@@H]1OCc2c1nc(N1CC[C@@H]1C)nc2N1CC2CC(C1)C2CC(=O)O. The van der Waals surface area contributed by atoms with Crippen LogP contribution in [0, 0.1) is 17.8 Å². The largest absolute Gasteiger partial charge is 0.481 e. The van der Waals surface area contributed by atoms with Gasteiger partial charge in [-0.25, -0.2) is 4.98 Å². The van der Waals surface area contributed by atoms with E-state index < -0.39 is 5.97 Å². The lowest BCUT2D eigenvalue weighted by atomic mass is 9.60. The van der Waals surface area contributed by atoms with Crippen molar-refractivity contribution in [2.75, 3.05) is 29.4 Å². The standard InChI is InChI=1S/C19H26N4O3/c1-10-3-4-23(10)19-20-17-11(2)26-9-15(17)18(21-19)22-7-12-5-13(8-22)14(12)6-16(24)25/h10-14H,3-9H2,1-2H3,(H,24,25)/t10-,11-,12?,13?,14?/m0/s1. The van der Waals surface area contributed by atoms with Crippen molar-refractivity contribution in [3.05, 3.63) is 11.3 Å². The Labute approximate surface area is 153 Å². The molecule has 1 saturated carbocycles. The van der Waals surface area contributed by atoms with E-state index in [1.807, 2.05) is 0 Å². The maximum absolute atomic E-state index is 11.1. The molecule has 7 nitrogen and oxygen atoms in total. The van der Waals surface area contributed by atoms with Crippen molar-refractivity contribution in [1.29, 1.82) is 0 Å². The van der Waals surface area contributed by atoms with E-state index in [1.165, 1.54) is 6.42 Å². The molecule has 0 radical (unpaired) electrons. The minimum absolute atomic E-state index is 0.0150. The molecule has 1 aromatic rings. The number of hydrogen-bond acceptors (Lipinski definition) is 6. The summed E-state index contributed by atoms with van der Waals surface area (Å²) >= 11 is 0. The van der Waals surface area contributed by atoms with Crippen LogP contribution in [-0.2, 0) is 16.1 Å². The highest BCUT2D eigenvalue weighted by Crippen LogP contribution is 2.49. The van der Waals surface area contributed by atoms with E-state index in [2.05, 4.69) is 23.6 Å². The average Bonchev–Trinajstić information content (AvgIpc) is 2.99. The van der Waals surface area contributed by atoms with Crippen molar-refractivity contribution in [2.45, 2.75) is 51.9 Å². The van der Waals surface area contributed by atoms with Gasteiger partial charge in [0.15, 0.2) is 0 Å². The molecule has 1 aliphatic carbocycles. The summed E-state index contributed by atoms with van der Waals surface area (Å²) in [6.45, 7) is 7.67. The number of fused-ring (bicyclic) bond motifs is 3. The van der Waals surface area contributed by atoms with Gasteiger partial charge in [0.2, 0.25) is 5.95 Å². The second kappa shape index (κ2) is 5.81. The molecule has 7 heteroatoms. The summed E-state index contributed by atoms with van der Waals surface area (Å²) in [5.41, 5.74) is 2.16. The smallest absolute Gasteiger partial charge is 0.303 e. The summed E-state index contributed by atoms with van der Waals surface area (Å²) in [6, 6.07) is 0.494. The third kappa shape index (κ3) is 2.40. The van der Waals surface area contributed by atoms with Crippen LogP contribution in [0.5, 0.6) is 0 Å². The zero-order valence-electron chi connectivity index (χ0n) is 15.4. The van der Waals surface area contributed by atoms with Crippen LogP contribution < -0.4 is 9.80 Å². The maximum Gasteiger partial charge on any atom is 0.303 e. The molecule has 26 heavy (non-hydrogen) atoms. The number of carboxylic acid groups (broad SMARTS) is 1.